The number of fused-ring (bicyclic) bond motifs is 1. The summed E-state index contributed by atoms with van der Waals surface area (Å²) in [6, 6.07) is 9.69. The van der Waals surface area contributed by atoms with Crippen molar-refractivity contribution in [2.75, 3.05) is 18.6 Å². The standard InChI is InChI=1S/C16H15BrN2O2S/c1-10-3-5-13-12(7-10)15(20)16(21)19(13)9-18(2)8-11-4-6-14(17)22-11/h3-7H,8-9H2,1-2H3/p+1. The first-order valence-electron chi connectivity index (χ1n) is 6.98. The van der Waals surface area contributed by atoms with Gasteiger partial charge < -0.3 is 4.90 Å². The number of nitrogens with zero attached hydrogens (tertiary/aromatic N) is 1. The van der Waals surface area contributed by atoms with Gasteiger partial charge >= 0.3 is 5.91 Å². The summed E-state index contributed by atoms with van der Waals surface area (Å²) >= 11 is 5.14. The van der Waals surface area contributed by atoms with Crippen LogP contribution in [-0.4, -0.2) is 25.4 Å². The number of thiophene rings is 1. The van der Waals surface area contributed by atoms with Crippen molar-refractivity contribution in [3.05, 3.63) is 50.1 Å². The lowest BCUT2D eigenvalue weighted by Gasteiger charge is -2.21. The van der Waals surface area contributed by atoms with Crippen LogP contribution in [0.3, 0.4) is 0 Å². The third kappa shape index (κ3) is 2.86. The Hall–Kier alpha value is -1.50. The second-order valence-electron chi connectivity index (χ2n) is 5.58. The first kappa shape index (κ1) is 15.4. The fourth-order valence-electron chi connectivity index (χ4n) is 2.64. The number of halogens is 1. The first-order chi connectivity index (χ1) is 10.5. The van der Waals surface area contributed by atoms with Crippen LogP contribution in [0.25, 0.3) is 0 Å². The van der Waals surface area contributed by atoms with E-state index in [1.165, 1.54) is 4.88 Å². The van der Waals surface area contributed by atoms with E-state index in [-0.39, 0.29) is 0 Å². The van der Waals surface area contributed by atoms with Gasteiger partial charge in [0.25, 0.3) is 5.78 Å². The van der Waals surface area contributed by atoms with Gasteiger partial charge in [-0.1, -0.05) is 11.6 Å². The number of aryl methyl sites for hydroxylation is 1. The van der Waals surface area contributed by atoms with Gasteiger partial charge in [-0.15, -0.1) is 11.3 Å². The maximum atomic E-state index is 12.2. The van der Waals surface area contributed by atoms with E-state index in [4.69, 9.17) is 0 Å². The number of rotatable bonds is 4. The van der Waals surface area contributed by atoms with E-state index in [0.29, 0.717) is 12.2 Å². The Balaban J connectivity index is 1.78. The molecule has 22 heavy (non-hydrogen) atoms. The molecule has 1 aromatic carbocycles. The van der Waals surface area contributed by atoms with Gasteiger partial charge in [-0.3, -0.25) is 14.5 Å². The molecule has 0 fully saturated rings. The van der Waals surface area contributed by atoms with Crippen LogP contribution < -0.4 is 9.80 Å². The lowest BCUT2D eigenvalue weighted by atomic mass is 10.1. The van der Waals surface area contributed by atoms with E-state index in [0.717, 1.165) is 26.5 Å². The maximum absolute atomic E-state index is 12.2. The van der Waals surface area contributed by atoms with Gasteiger partial charge in [0, 0.05) is 0 Å². The van der Waals surface area contributed by atoms with Crippen molar-refractivity contribution in [1.29, 1.82) is 0 Å². The molecule has 0 saturated heterocycles. The van der Waals surface area contributed by atoms with Gasteiger partial charge in [-0.2, -0.15) is 0 Å². The highest BCUT2D eigenvalue weighted by Gasteiger charge is 2.37. The maximum Gasteiger partial charge on any atom is 0.303 e. The minimum absolute atomic E-state index is 0.398. The molecule has 2 heterocycles. The molecule has 1 aromatic heterocycles. The van der Waals surface area contributed by atoms with Crippen molar-refractivity contribution >= 4 is 44.6 Å². The number of anilines is 1. The predicted molar refractivity (Wildman–Crippen MR) is 90.5 cm³/mol. The summed E-state index contributed by atoms with van der Waals surface area (Å²) in [6.07, 6.45) is 0. The lowest BCUT2D eigenvalue weighted by Crippen LogP contribution is -3.09. The molecule has 1 aliphatic heterocycles. The third-order valence-corrected chi connectivity index (χ3v) is 5.28. The van der Waals surface area contributed by atoms with Gasteiger partial charge in [0.15, 0.2) is 6.67 Å². The van der Waals surface area contributed by atoms with Gasteiger partial charge in [0.05, 0.1) is 27.0 Å². The monoisotopic (exact) mass is 379 g/mol. The molecule has 0 bridgehead atoms. The zero-order valence-electron chi connectivity index (χ0n) is 12.4. The van der Waals surface area contributed by atoms with E-state index < -0.39 is 11.7 Å². The molecule has 1 aliphatic rings. The van der Waals surface area contributed by atoms with Crippen LogP contribution >= 0.6 is 27.3 Å². The molecule has 0 radical (unpaired) electrons. The zero-order valence-corrected chi connectivity index (χ0v) is 14.8. The first-order valence-corrected chi connectivity index (χ1v) is 8.59. The summed E-state index contributed by atoms with van der Waals surface area (Å²) in [5.41, 5.74) is 2.25. The molecule has 0 spiro atoms. The van der Waals surface area contributed by atoms with E-state index >= 15 is 0 Å². The molecule has 2 aromatic rings. The second kappa shape index (κ2) is 5.95. The summed E-state index contributed by atoms with van der Waals surface area (Å²) in [7, 11) is 2.03. The van der Waals surface area contributed by atoms with E-state index in [2.05, 4.69) is 22.0 Å². The van der Waals surface area contributed by atoms with Crippen LogP contribution in [0.5, 0.6) is 0 Å². The molecule has 4 nitrogen and oxygen atoms in total. The van der Waals surface area contributed by atoms with Crippen LogP contribution in [0.1, 0.15) is 20.8 Å². The fourth-order valence-corrected chi connectivity index (χ4v) is 4.24. The largest absolute Gasteiger partial charge is 0.315 e. The summed E-state index contributed by atoms with van der Waals surface area (Å²) in [4.78, 5) is 28.3. The van der Waals surface area contributed by atoms with Crippen LogP contribution in [0.4, 0.5) is 5.69 Å². The number of carbonyl (C=O) groups is 2. The molecule has 3 rings (SSSR count). The highest BCUT2D eigenvalue weighted by Crippen LogP contribution is 2.28. The van der Waals surface area contributed by atoms with Crippen molar-refractivity contribution in [1.82, 2.24) is 0 Å². The number of carbonyl (C=O) groups excluding carboxylic acids is 2. The molecule has 6 heteroatoms. The van der Waals surface area contributed by atoms with Gasteiger partial charge in [0.1, 0.15) is 6.54 Å². The molecule has 1 atom stereocenters. The second-order valence-corrected chi connectivity index (χ2v) is 8.13. The number of benzene rings is 1. The van der Waals surface area contributed by atoms with E-state index in [1.54, 1.807) is 22.3 Å². The minimum Gasteiger partial charge on any atom is -0.315 e. The summed E-state index contributed by atoms with van der Waals surface area (Å²) in [5, 5.41) is 0. The molecule has 0 aliphatic carbocycles. The van der Waals surface area contributed by atoms with Gasteiger partial charge in [-0.05, 0) is 47.1 Å². The normalized spacial score (nSPS) is 15.3. The molecule has 114 valence electrons. The summed E-state index contributed by atoms with van der Waals surface area (Å²) < 4.78 is 1.10. The Bertz CT molecular complexity index is 756. The smallest absolute Gasteiger partial charge is 0.303 e. The predicted octanol–water partition coefficient (Wildman–Crippen LogP) is 2.02. The number of hydrogen-bond acceptors (Lipinski definition) is 3. The van der Waals surface area contributed by atoms with Crippen molar-refractivity contribution in [2.45, 2.75) is 13.5 Å². The fraction of sp³-hybridized carbons (Fsp3) is 0.250. The van der Waals surface area contributed by atoms with Crippen molar-refractivity contribution in [3.8, 4) is 0 Å². The Kier molecular flexibility index (Phi) is 4.16. The molecule has 1 unspecified atom stereocenters. The number of Topliss-reactive ketones (excluding diaryl/α,β-unsaturated/α-hetero) is 1. The Morgan fingerprint density at radius 1 is 1.23 bits per heavy atom. The Morgan fingerprint density at radius 3 is 2.68 bits per heavy atom. The lowest BCUT2D eigenvalue weighted by molar-refractivity contribution is -0.892. The van der Waals surface area contributed by atoms with E-state index in [1.807, 2.05) is 32.2 Å². The molecular weight excluding hydrogens is 364 g/mol. The number of quaternary nitrogens is 1. The number of hydrogen-bond donors (Lipinski definition) is 1. The number of ketones is 1. The molecular formula is C16H16BrN2O2S+. The topological polar surface area (TPSA) is 41.8 Å². The van der Waals surface area contributed by atoms with Crippen molar-refractivity contribution in [3.63, 3.8) is 0 Å². The SMILES string of the molecule is Cc1ccc2c(c1)C(=O)C(=O)N2C[NH+](C)Cc1ccc(Br)s1. The minimum atomic E-state index is -0.424. The summed E-state index contributed by atoms with van der Waals surface area (Å²) in [5.74, 6) is -0.822. The quantitative estimate of drug-likeness (QED) is 0.825. The number of amides is 1. The van der Waals surface area contributed by atoms with E-state index in [9.17, 15) is 9.59 Å². The zero-order chi connectivity index (χ0) is 15.9. The van der Waals surface area contributed by atoms with Crippen molar-refractivity contribution < 1.29 is 14.5 Å². The van der Waals surface area contributed by atoms with Gasteiger partial charge in [0.2, 0.25) is 0 Å². The molecule has 1 amide bonds. The van der Waals surface area contributed by atoms with Crippen LogP contribution in [-0.2, 0) is 11.3 Å². The van der Waals surface area contributed by atoms with Crippen LogP contribution in [0, 0.1) is 6.92 Å². The Morgan fingerprint density at radius 2 is 2.00 bits per heavy atom. The van der Waals surface area contributed by atoms with Crippen LogP contribution in [0.15, 0.2) is 34.1 Å². The molecule has 1 N–H and O–H groups in total. The highest BCUT2D eigenvalue weighted by atomic mass is 79.9. The van der Waals surface area contributed by atoms with Crippen molar-refractivity contribution in [2.24, 2.45) is 0 Å². The number of nitrogens with one attached hydrogen (secondary N) is 1. The van der Waals surface area contributed by atoms with Gasteiger partial charge in [-0.25, -0.2) is 0 Å². The summed E-state index contributed by atoms with van der Waals surface area (Å²) in [6.45, 7) is 3.22. The molecule has 0 saturated carbocycles. The Labute approximate surface area is 141 Å². The van der Waals surface area contributed by atoms with Crippen LogP contribution in [0.2, 0.25) is 0 Å². The highest BCUT2D eigenvalue weighted by molar-refractivity contribution is 9.11. The average Bonchev–Trinajstić information content (AvgIpc) is 2.96. The average molecular weight is 380 g/mol. The third-order valence-electron chi connectivity index (χ3n) is 3.66.